The number of phenolic OH excluding ortho intramolecular Hbond substituents is 1. The van der Waals surface area contributed by atoms with E-state index in [4.69, 9.17) is 0 Å². The molecule has 1 aromatic carbocycles. The van der Waals surface area contributed by atoms with E-state index in [2.05, 4.69) is 33.2 Å². The minimum absolute atomic E-state index is 0.0199. The summed E-state index contributed by atoms with van der Waals surface area (Å²) in [5.74, 6) is -0.210. The Morgan fingerprint density at radius 3 is 2.88 bits per heavy atom. The van der Waals surface area contributed by atoms with Gasteiger partial charge in [-0.3, -0.25) is 4.79 Å². The van der Waals surface area contributed by atoms with Crippen molar-refractivity contribution >= 4 is 28.5 Å². The summed E-state index contributed by atoms with van der Waals surface area (Å²) in [5.41, 5.74) is 0.330. The molecule has 0 aliphatic rings. The van der Waals surface area contributed by atoms with Crippen molar-refractivity contribution in [1.29, 1.82) is 0 Å². The second kappa shape index (κ2) is 6.70. The number of nitrogens with one attached hydrogen (secondary N) is 2. The molecule has 0 fully saturated rings. The third-order valence-electron chi connectivity index (χ3n) is 2.09. The fourth-order valence-corrected chi connectivity index (χ4v) is 1.74. The molecule has 0 saturated heterocycles. The van der Waals surface area contributed by atoms with Gasteiger partial charge in [-0.05, 0) is 60.8 Å². The Kier molecular flexibility index (Phi) is 5.54. The van der Waals surface area contributed by atoms with E-state index in [9.17, 15) is 9.90 Å². The van der Waals surface area contributed by atoms with Gasteiger partial charge in [-0.25, -0.2) is 0 Å². The van der Waals surface area contributed by atoms with Crippen LogP contribution in [0.3, 0.4) is 0 Å². The van der Waals surface area contributed by atoms with Crippen LogP contribution in [-0.4, -0.2) is 31.2 Å². The van der Waals surface area contributed by atoms with Gasteiger partial charge in [0.15, 0.2) is 0 Å². The Morgan fingerprint density at radius 1 is 1.44 bits per heavy atom. The molecule has 3 N–H and O–H groups in total. The molecule has 1 rings (SSSR count). The van der Waals surface area contributed by atoms with Crippen LogP contribution in [-0.2, 0) is 0 Å². The van der Waals surface area contributed by atoms with Crippen LogP contribution >= 0.6 is 22.6 Å². The van der Waals surface area contributed by atoms with Crippen LogP contribution < -0.4 is 10.6 Å². The number of carbonyl (C=O) groups is 1. The molecule has 0 spiro atoms. The van der Waals surface area contributed by atoms with Crippen molar-refractivity contribution in [3.05, 3.63) is 27.3 Å². The maximum absolute atomic E-state index is 11.7. The Hall–Kier alpha value is -0.820. The van der Waals surface area contributed by atoms with Crippen LogP contribution in [0, 0.1) is 3.57 Å². The average molecular weight is 334 g/mol. The molecule has 1 aromatic rings. The fourth-order valence-electron chi connectivity index (χ4n) is 1.25. The number of halogens is 1. The van der Waals surface area contributed by atoms with Gasteiger partial charge in [0.1, 0.15) is 5.75 Å². The summed E-state index contributed by atoms with van der Waals surface area (Å²) in [7, 11) is 1.87. The zero-order valence-electron chi connectivity index (χ0n) is 9.09. The number of hydrogen-bond donors (Lipinski definition) is 3. The highest BCUT2D eigenvalue weighted by atomic mass is 127. The monoisotopic (exact) mass is 334 g/mol. The zero-order chi connectivity index (χ0) is 12.0. The summed E-state index contributed by atoms with van der Waals surface area (Å²) in [6.45, 7) is 1.46. The molecule has 1 amide bonds. The van der Waals surface area contributed by atoms with Crippen LogP contribution in [0.1, 0.15) is 16.8 Å². The maximum Gasteiger partial charge on any atom is 0.255 e. The minimum atomic E-state index is -0.230. The molecule has 0 heterocycles. The number of hydrogen-bond acceptors (Lipinski definition) is 3. The molecule has 16 heavy (non-hydrogen) atoms. The Labute approximate surface area is 109 Å². The van der Waals surface area contributed by atoms with Crippen molar-refractivity contribution in [2.45, 2.75) is 6.42 Å². The summed E-state index contributed by atoms with van der Waals surface area (Å²) < 4.78 is 0.927. The highest BCUT2D eigenvalue weighted by Gasteiger charge is 2.10. The van der Waals surface area contributed by atoms with Gasteiger partial charge in [-0.15, -0.1) is 0 Å². The van der Waals surface area contributed by atoms with Crippen molar-refractivity contribution in [2.24, 2.45) is 0 Å². The van der Waals surface area contributed by atoms with E-state index in [0.717, 1.165) is 16.5 Å². The third-order valence-corrected chi connectivity index (χ3v) is 2.76. The van der Waals surface area contributed by atoms with Crippen LogP contribution in [0.5, 0.6) is 5.75 Å². The molecule has 0 radical (unpaired) electrons. The van der Waals surface area contributed by atoms with E-state index < -0.39 is 0 Å². The Balaban J connectivity index is 2.55. The number of carbonyl (C=O) groups excluding carboxylic acids is 1. The molecular formula is C11H15IN2O2. The highest BCUT2D eigenvalue weighted by molar-refractivity contribution is 14.1. The first-order valence-electron chi connectivity index (χ1n) is 5.06. The van der Waals surface area contributed by atoms with Crippen molar-refractivity contribution in [1.82, 2.24) is 10.6 Å². The summed E-state index contributed by atoms with van der Waals surface area (Å²) in [6.07, 6.45) is 0.868. The predicted octanol–water partition coefficient (Wildman–Crippen LogP) is 1.34. The zero-order valence-corrected chi connectivity index (χ0v) is 11.2. The lowest BCUT2D eigenvalue weighted by Crippen LogP contribution is -2.26. The SMILES string of the molecule is CNCCCNC(=O)c1cc(I)ccc1O. The molecule has 0 bridgehead atoms. The van der Waals surface area contributed by atoms with Crippen molar-refractivity contribution in [2.75, 3.05) is 20.1 Å². The van der Waals surface area contributed by atoms with Crippen LogP contribution in [0.2, 0.25) is 0 Å². The quantitative estimate of drug-likeness (QED) is 0.563. The number of phenols is 1. The molecule has 4 nitrogen and oxygen atoms in total. The summed E-state index contributed by atoms with van der Waals surface area (Å²) in [5, 5.41) is 15.3. The normalized spacial score (nSPS) is 10.1. The maximum atomic E-state index is 11.7. The van der Waals surface area contributed by atoms with E-state index in [-0.39, 0.29) is 11.7 Å². The lowest BCUT2D eigenvalue weighted by Gasteiger charge is -2.07. The summed E-state index contributed by atoms with van der Waals surface area (Å²) in [4.78, 5) is 11.7. The molecule has 0 atom stereocenters. The molecule has 0 saturated carbocycles. The van der Waals surface area contributed by atoms with Gasteiger partial charge in [0.05, 0.1) is 5.56 Å². The first-order chi connectivity index (χ1) is 7.65. The largest absolute Gasteiger partial charge is 0.507 e. The predicted molar refractivity (Wildman–Crippen MR) is 71.7 cm³/mol. The van der Waals surface area contributed by atoms with Crippen LogP contribution in [0.4, 0.5) is 0 Å². The van der Waals surface area contributed by atoms with Gasteiger partial charge in [0, 0.05) is 10.1 Å². The average Bonchev–Trinajstić information content (AvgIpc) is 2.27. The Morgan fingerprint density at radius 2 is 2.19 bits per heavy atom. The standard InChI is InChI=1S/C11H15IN2O2/c1-13-5-2-6-14-11(16)9-7-8(12)3-4-10(9)15/h3-4,7,13,15H,2,5-6H2,1H3,(H,14,16). The molecule has 0 aromatic heterocycles. The molecule has 88 valence electrons. The smallest absolute Gasteiger partial charge is 0.255 e. The van der Waals surface area contributed by atoms with E-state index >= 15 is 0 Å². The molecular weight excluding hydrogens is 319 g/mol. The van der Waals surface area contributed by atoms with Crippen molar-refractivity contribution in [3.63, 3.8) is 0 Å². The molecule has 0 aliphatic carbocycles. The number of rotatable bonds is 5. The van der Waals surface area contributed by atoms with Gasteiger partial charge in [-0.1, -0.05) is 0 Å². The molecule has 5 heteroatoms. The lowest BCUT2D eigenvalue weighted by molar-refractivity contribution is 0.0950. The van der Waals surface area contributed by atoms with Gasteiger partial charge in [-0.2, -0.15) is 0 Å². The number of aromatic hydroxyl groups is 1. The van der Waals surface area contributed by atoms with Crippen LogP contribution in [0.15, 0.2) is 18.2 Å². The van der Waals surface area contributed by atoms with Gasteiger partial charge < -0.3 is 15.7 Å². The van der Waals surface area contributed by atoms with E-state index in [1.54, 1.807) is 12.1 Å². The van der Waals surface area contributed by atoms with Crippen molar-refractivity contribution < 1.29 is 9.90 Å². The van der Waals surface area contributed by atoms with Gasteiger partial charge in [0.25, 0.3) is 5.91 Å². The van der Waals surface area contributed by atoms with E-state index in [1.165, 1.54) is 6.07 Å². The minimum Gasteiger partial charge on any atom is -0.507 e. The van der Waals surface area contributed by atoms with Gasteiger partial charge >= 0.3 is 0 Å². The summed E-state index contributed by atoms with van der Waals surface area (Å²) in [6, 6.07) is 4.96. The Bertz CT molecular complexity index is 369. The summed E-state index contributed by atoms with van der Waals surface area (Å²) >= 11 is 2.11. The second-order valence-electron chi connectivity index (χ2n) is 3.37. The second-order valence-corrected chi connectivity index (χ2v) is 4.62. The highest BCUT2D eigenvalue weighted by Crippen LogP contribution is 2.19. The first-order valence-corrected chi connectivity index (χ1v) is 6.14. The van der Waals surface area contributed by atoms with E-state index in [1.807, 2.05) is 7.05 Å². The lowest BCUT2D eigenvalue weighted by atomic mass is 10.2. The first kappa shape index (κ1) is 13.2. The molecule has 0 unspecified atom stereocenters. The molecule has 0 aliphatic heterocycles. The topological polar surface area (TPSA) is 61.4 Å². The van der Waals surface area contributed by atoms with Crippen molar-refractivity contribution in [3.8, 4) is 5.75 Å². The number of benzene rings is 1. The third kappa shape index (κ3) is 3.97. The fraction of sp³-hybridized carbons (Fsp3) is 0.364. The van der Waals surface area contributed by atoms with E-state index in [0.29, 0.717) is 12.1 Å². The number of amides is 1. The van der Waals surface area contributed by atoms with Crippen LogP contribution in [0.25, 0.3) is 0 Å². The van der Waals surface area contributed by atoms with Gasteiger partial charge in [0.2, 0.25) is 0 Å².